The maximum Gasteiger partial charge on any atom is 0.415 e. The standard InChI is InChI=1S/C13H17F4N3O2S.C2H6/c1-12(2,23(3,21)22)11(19)20-10(13(15,16)17)8-6-7(18)4-5-9(8)14;1-2/h4-6,10H,18H2,1-3H3,(H2,19,20);1-2H3. The van der Waals surface area contributed by atoms with Gasteiger partial charge in [-0.25, -0.2) is 12.8 Å². The van der Waals surface area contributed by atoms with Gasteiger partial charge in [0.1, 0.15) is 16.4 Å². The van der Waals surface area contributed by atoms with Crippen molar-refractivity contribution in [2.24, 2.45) is 10.7 Å². The third-order valence-electron chi connectivity index (χ3n) is 3.44. The molecule has 0 aromatic heterocycles. The number of hydrogen-bond acceptors (Lipinski definition) is 4. The first kappa shape index (κ1) is 23.2. The van der Waals surface area contributed by atoms with E-state index >= 15 is 0 Å². The molecule has 25 heavy (non-hydrogen) atoms. The SMILES string of the molecule is CC.CC(C)(C(N)=NC(c1cc(N)ccc1F)C(F)(F)F)S(C)(=O)=O. The van der Waals surface area contributed by atoms with Crippen LogP contribution in [0.15, 0.2) is 23.2 Å². The summed E-state index contributed by atoms with van der Waals surface area (Å²) in [7, 11) is -3.83. The molecule has 0 aliphatic heterocycles. The van der Waals surface area contributed by atoms with Gasteiger partial charge in [-0.2, -0.15) is 13.2 Å². The van der Waals surface area contributed by atoms with Crippen molar-refractivity contribution in [2.75, 3.05) is 12.0 Å². The Hall–Kier alpha value is -1.84. The smallest absolute Gasteiger partial charge is 0.399 e. The lowest BCUT2D eigenvalue weighted by Gasteiger charge is -2.25. The number of nitrogens with zero attached hydrogens (tertiary/aromatic N) is 1. The lowest BCUT2D eigenvalue weighted by molar-refractivity contribution is -0.149. The molecule has 0 aliphatic rings. The summed E-state index contributed by atoms with van der Waals surface area (Å²) in [6, 6.07) is 0.000868. The molecule has 0 amide bonds. The fourth-order valence-electron chi connectivity index (χ4n) is 1.58. The zero-order valence-electron chi connectivity index (χ0n) is 14.6. The number of rotatable bonds is 4. The van der Waals surface area contributed by atoms with Crippen molar-refractivity contribution in [3.05, 3.63) is 29.6 Å². The van der Waals surface area contributed by atoms with Crippen LogP contribution in [0, 0.1) is 5.82 Å². The zero-order valence-corrected chi connectivity index (χ0v) is 15.5. The molecule has 0 heterocycles. The van der Waals surface area contributed by atoms with Crippen molar-refractivity contribution < 1.29 is 26.0 Å². The van der Waals surface area contributed by atoms with Crippen molar-refractivity contribution in [2.45, 2.75) is 44.7 Å². The van der Waals surface area contributed by atoms with Crippen molar-refractivity contribution in [3.63, 3.8) is 0 Å². The van der Waals surface area contributed by atoms with Crippen molar-refractivity contribution in [1.82, 2.24) is 0 Å². The van der Waals surface area contributed by atoms with Gasteiger partial charge in [0.2, 0.25) is 0 Å². The molecule has 1 atom stereocenters. The molecule has 144 valence electrons. The van der Waals surface area contributed by atoms with E-state index in [-0.39, 0.29) is 5.69 Å². The van der Waals surface area contributed by atoms with Crippen LogP contribution < -0.4 is 11.5 Å². The van der Waals surface area contributed by atoms with E-state index in [4.69, 9.17) is 11.5 Å². The molecule has 0 spiro atoms. The van der Waals surface area contributed by atoms with E-state index in [1.807, 2.05) is 13.8 Å². The summed E-state index contributed by atoms with van der Waals surface area (Å²) < 4.78 is 74.9. The summed E-state index contributed by atoms with van der Waals surface area (Å²) >= 11 is 0. The maximum atomic E-state index is 13.7. The predicted molar refractivity (Wildman–Crippen MR) is 91.5 cm³/mol. The molecule has 1 aromatic rings. The molecule has 0 bridgehead atoms. The normalized spacial score (nSPS) is 14.5. The van der Waals surface area contributed by atoms with Crippen LogP contribution in [0.5, 0.6) is 0 Å². The topological polar surface area (TPSA) is 98.5 Å². The van der Waals surface area contributed by atoms with Crippen molar-refractivity contribution in [3.8, 4) is 0 Å². The largest absolute Gasteiger partial charge is 0.415 e. The number of sulfone groups is 1. The molecule has 0 radical (unpaired) electrons. The molecule has 0 aliphatic carbocycles. The fraction of sp³-hybridized carbons (Fsp3) is 0.533. The average Bonchev–Trinajstić information content (AvgIpc) is 2.47. The minimum absolute atomic E-state index is 0.0909. The first-order chi connectivity index (χ1) is 11.2. The fourth-order valence-corrected chi connectivity index (χ4v) is 2.01. The van der Waals surface area contributed by atoms with E-state index in [0.717, 1.165) is 38.3 Å². The Balaban J connectivity index is 0.00000277. The summed E-state index contributed by atoms with van der Waals surface area (Å²) in [5, 5.41) is 0. The minimum atomic E-state index is -4.98. The number of nitrogen functional groups attached to an aromatic ring is 1. The second-order valence-corrected chi connectivity index (χ2v) is 8.09. The number of hydrogen-bond donors (Lipinski definition) is 2. The molecule has 1 unspecified atom stereocenters. The van der Waals surface area contributed by atoms with Crippen LogP contribution in [0.1, 0.15) is 39.3 Å². The Morgan fingerprint density at radius 2 is 1.68 bits per heavy atom. The number of amidine groups is 1. The number of alkyl halides is 3. The van der Waals surface area contributed by atoms with Gasteiger partial charge >= 0.3 is 6.18 Å². The van der Waals surface area contributed by atoms with Crippen molar-refractivity contribution >= 4 is 21.4 Å². The Bertz CT molecular complexity index is 729. The first-order valence-corrected chi connectivity index (χ1v) is 9.22. The highest BCUT2D eigenvalue weighted by Crippen LogP contribution is 2.38. The van der Waals surface area contributed by atoms with E-state index in [1.165, 1.54) is 0 Å². The van der Waals surface area contributed by atoms with E-state index in [0.29, 0.717) is 0 Å². The summed E-state index contributed by atoms with van der Waals surface area (Å²) in [6.07, 6.45) is -4.16. The van der Waals surface area contributed by atoms with Gasteiger partial charge in [0.05, 0.1) is 0 Å². The number of anilines is 1. The predicted octanol–water partition coefficient (Wildman–Crippen LogP) is 3.22. The lowest BCUT2D eigenvalue weighted by atomic mass is 10.0. The van der Waals surface area contributed by atoms with Gasteiger partial charge in [0, 0.05) is 17.5 Å². The zero-order chi connectivity index (χ0) is 20.2. The lowest BCUT2D eigenvalue weighted by Crippen LogP contribution is -2.45. The third-order valence-corrected chi connectivity index (χ3v) is 5.50. The second kappa shape index (κ2) is 8.03. The number of benzene rings is 1. The van der Waals surface area contributed by atoms with Gasteiger partial charge in [-0.1, -0.05) is 13.8 Å². The average molecular weight is 385 g/mol. The number of nitrogens with two attached hydrogens (primary N) is 2. The summed E-state index contributed by atoms with van der Waals surface area (Å²) in [6.45, 7) is 6.23. The second-order valence-electron chi connectivity index (χ2n) is 5.52. The molecule has 0 saturated heterocycles. The quantitative estimate of drug-likeness (QED) is 0.360. The molecule has 0 fully saturated rings. The summed E-state index contributed by atoms with van der Waals surface area (Å²) in [4.78, 5) is 3.25. The molecule has 1 rings (SSSR count). The highest BCUT2D eigenvalue weighted by molar-refractivity contribution is 7.92. The Kier molecular flexibility index (Phi) is 7.44. The summed E-state index contributed by atoms with van der Waals surface area (Å²) in [5.41, 5.74) is 9.94. The molecule has 0 saturated carbocycles. The number of aliphatic imine (C=N–C) groups is 1. The van der Waals surface area contributed by atoms with Crippen LogP contribution in [0.3, 0.4) is 0 Å². The Labute approximate surface area is 145 Å². The van der Waals surface area contributed by atoms with Crippen LogP contribution in [-0.2, 0) is 9.84 Å². The highest BCUT2D eigenvalue weighted by Gasteiger charge is 2.44. The van der Waals surface area contributed by atoms with E-state index in [2.05, 4.69) is 4.99 Å². The van der Waals surface area contributed by atoms with Gasteiger partial charge < -0.3 is 11.5 Å². The van der Waals surface area contributed by atoms with Crippen molar-refractivity contribution in [1.29, 1.82) is 0 Å². The molecule has 4 N–H and O–H groups in total. The molecule has 1 aromatic carbocycles. The van der Waals surface area contributed by atoms with Gasteiger partial charge in [-0.05, 0) is 32.0 Å². The van der Waals surface area contributed by atoms with Gasteiger partial charge in [0.15, 0.2) is 15.9 Å². The van der Waals surface area contributed by atoms with Crippen LogP contribution in [0.4, 0.5) is 23.2 Å². The Morgan fingerprint density at radius 3 is 2.08 bits per heavy atom. The van der Waals surface area contributed by atoms with Crippen LogP contribution in [0.2, 0.25) is 0 Å². The molecular formula is C15H23F4N3O2S. The van der Waals surface area contributed by atoms with E-state index < -0.39 is 44.0 Å². The molecule has 5 nitrogen and oxygen atoms in total. The maximum absolute atomic E-state index is 13.7. The van der Waals surface area contributed by atoms with Crippen LogP contribution in [0.25, 0.3) is 0 Å². The van der Waals surface area contributed by atoms with Crippen LogP contribution >= 0.6 is 0 Å². The van der Waals surface area contributed by atoms with E-state index in [1.54, 1.807) is 0 Å². The highest BCUT2D eigenvalue weighted by atomic mass is 32.2. The first-order valence-electron chi connectivity index (χ1n) is 7.33. The van der Waals surface area contributed by atoms with Gasteiger partial charge in [-0.3, -0.25) is 4.99 Å². The van der Waals surface area contributed by atoms with Crippen LogP contribution in [-0.4, -0.2) is 31.4 Å². The molecular weight excluding hydrogens is 362 g/mol. The third kappa shape index (κ3) is 5.58. The van der Waals surface area contributed by atoms with E-state index in [9.17, 15) is 26.0 Å². The Morgan fingerprint density at radius 1 is 1.20 bits per heavy atom. The van der Waals surface area contributed by atoms with Gasteiger partial charge in [0.25, 0.3) is 0 Å². The summed E-state index contributed by atoms with van der Waals surface area (Å²) in [5.74, 6) is -1.95. The number of halogens is 4. The monoisotopic (exact) mass is 385 g/mol. The minimum Gasteiger partial charge on any atom is -0.399 e. The molecule has 10 heteroatoms. The van der Waals surface area contributed by atoms with Gasteiger partial charge in [-0.15, -0.1) is 0 Å².